The summed E-state index contributed by atoms with van der Waals surface area (Å²) < 4.78 is 52.5. The number of alkyl halides is 3. The number of aromatic nitrogens is 2. The third kappa shape index (κ3) is 4.92. The Bertz CT molecular complexity index is 1300. The average Bonchev–Trinajstić information content (AvgIpc) is 3.18. The summed E-state index contributed by atoms with van der Waals surface area (Å²) in [6.07, 6.45) is -2.94. The maximum absolute atomic E-state index is 13.5. The quantitative estimate of drug-likeness (QED) is 0.401. The number of fused-ring (bicyclic) bond motifs is 1. The van der Waals surface area contributed by atoms with Gasteiger partial charge >= 0.3 is 12.2 Å². The molecule has 3 aromatic rings. The number of rotatable bonds is 4. The van der Waals surface area contributed by atoms with Crippen molar-refractivity contribution in [3.05, 3.63) is 69.8 Å². The molecule has 1 saturated heterocycles. The molecule has 2 N–H and O–H groups in total. The van der Waals surface area contributed by atoms with Crippen LogP contribution in [0.2, 0.25) is 5.02 Å². The van der Waals surface area contributed by atoms with Crippen LogP contribution in [0.15, 0.2) is 36.4 Å². The molecule has 5 rings (SSSR count). The number of carbonyl (C=O) groups is 1. The van der Waals surface area contributed by atoms with Gasteiger partial charge in [-0.05, 0) is 49.6 Å². The van der Waals surface area contributed by atoms with E-state index in [1.807, 2.05) is 11.8 Å². The van der Waals surface area contributed by atoms with Crippen molar-refractivity contribution in [3.8, 4) is 11.4 Å². The molecule has 1 aromatic heterocycles. The Kier molecular flexibility index (Phi) is 6.42. The monoisotopic (exact) mass is 521 g/mol. The number of aromatic amines is 1. The fourth-order valence-corrected chi connectivity index (χ4v) is 5.11. The highest BCUT2D eigenvalue weighted by Gasteiger charge is 2.34. The molecular formula is C25H24ClF4N5O. The standard InChI is InChI=1S/C25H24ClF4N5O/c1-14-22(32-23(31-14)15-3-5-19(20(26)10-15)25(28,29)30)13-34-8-6-18(7-9-34)35-12-16-2-4-17(27)11-21(16)33-24(35)36/h2-5,10-11,18H,6-9,12-13H2,1H3,(H,31,32)(H,33,36). The van der Waals surface area contributed by atoms with Crippen molar-refractivity contribution >= 4 is 23.3 Å². The molecule has 6 nitrogen and oxygen atoms in total. The van der Waals surface area contributed by atoms with Crippen LogP contribution in [0.25, 0.3) is 11.4 Å². The van der Waals surface area contributed by atoms with E-state index in [1.54, 1.807) is 6.07 Å². The van der Waals surface area contributed by atoms with E-state index < -0.39 is 11.7 Å². The SMILES string of the molecule is Cc1[nH]c(-c2ccc(C(F)(F)F)c(Cl)c2)nc1CN1CCC(N2Cc3ccc(F)cc3NC2=O)CC1. The second-order valence-corrected chi connectivity index (χ2v) is 9.62. The normalized spacial score (nSPS) is 17.3. The number of H-pyrrole nitrogens is 1. The van der Waals surface area contributed by atoms with Crippen LogP contribution in [0.5, 0.6) is 0 Å². The molecule has 2 aliphatic rings. The molecule has 0 atom stereocenters. The third-order valence-electron chi connectivity index (χ3n) is 6.82. The minimum atomic E-state index is -4.51. The molecule has 0 bridgehead atoms. The number of nitrogens with zero attached hydrogens (tertiary/aromatic N) is 3. The van der Waals surface area contributed by atoms with Crippen LogP contribution in [0.1, 0.15) is 35.4 Å². The molecule has 2 amide bonds. The van der Waals surface area contributed by atoms with Gasteiger partial charge in [-0.2, -0.15) is 13.2 Å². The van der Waals surface area contributed by atoms with Gasteiger partial charge in [-0.1, -0.05) is 23.7 Å². The van der Waals surface area contributed by atoms with Crippen molar-refractivity contribution in [1.82, 2.24) is 19.8 Å². The number of hydrogen-bond donors (Lipinski definition) is 2. The predicted octanol–water partition coefficient (Wildman–Crippen LogP) is 6.21. The number of benzene rings is 2. The Labute approximate surface area is 210 Å². The number of piperidine rings is 1. The molecule has 0 unspecified atom stereocenters. The lowest BCUT2D eigenvalue weighted by Gasteiger charge is -2.40. The maximum Gasteiger partial charge on any atom is 0.417 e. The second-order valence-electron chi connectivity index (χ2n) is 9.22. The molecule has 190 valence electrons. The lowest BCUT2D eigenvalue weighted by Crippen LogP contribution is -2.50. The van der Waals surface area contributed by atoms with Gasteiger partial charge in [-0.25, -0.2) is 14.2 Å². The third-order valence-corrected chi connectivity index (χ3v) is 7.13. The summed E-state index contributed by atoms with van der Waals surface area (Å²) in [5.74, 6) is 0.0853. The summed E-state index contributed by atoms with van der Waals surface area (Å²) in [6, 6.07) is 7.90. The van der Waals surface area contributed by atoms with E-state index in [0.717, 1.165) is 48.9 Å². The van der Waals surface area contributed by atoms with Crippen LogP contribution in [0.3, 0.4) is 0 Å². The van der Waals surface area contributed by atoms with Gasteiger partial charge in [0.05, 0.1) is 22.0 Å². The number of carbonyl (C=O) groups excluding carboxylic acids is 1. The Hall–Kier alpha value is -3.11. The molecule has 36 heavy (non-hydrogen) atoms. The van der Waals surface area contributed by atoms with E-state index in [-0.39, 0.29) is 22.9 Å². The summed E-state index contributed by atoms with van der Waals surface area (Å²) in [4.78, 5) is 24.4. The summed E-state index contributed by atoms with van der Waals surface area (Å²) in [6.45, 7) is 4.43. The maximum atomic E-state index is 13.5. The van der Waals surface area contributed by atoms with Gasteiger partial charge in [0.15, 0.2) is 0 Å². The van der Waals surface area contributed by atoms with Gasteiger partial charge < -0.3 is 15.2 Å². The fraction of sp³-hybridized carbons (Fsp3) is 0.360. The predicted molar refractivity (Wildman–Crippen MR) is 128 cm³/mol. The first-order chi connectivity index (χ1) is 17.1. The molecule has 1 fully saturated rings. The van der Waals surface area contributed by atoms with E-state index in [0.29, 0.717) is 30.2 Å². The van der Waals surface area contributed by atoms with Crippen molar-refractivity contribution < 1.29 is 22.4 Å². The number of imidazole rings is 1. The van der Waals surface area contributed by atoms with Crippen LogP contribution in [0.4, 0.5) is 28.0 Å². The van der Waals surface area contributed by atoms with Gasteiger partial charge in [-0.3, -0.25) is 4.90 Å². The highest BCUT2D eigenvalue weighted by Crippen LogP contribution is 2.36. The van der Waals surface area contributed by atoms with Gasteiger partial charge in [0.25, 0.3) is 0 Å². The van der Waals surface area contributed by atoms with Crippen molar-refractivity contribution in [2.75, 3.05) is 18.4 Å². The van der Waals surface area contributed by atoms with Crippen molar-refractivity contribution in [2.45, 2.75) is 45.1 Å². The van der Waals surface area contributed by atoms with E-state index in [2.05, 4.69) is 20.2 Å². The van der Waals surface area contributed by atoms with E-state index >= 15 is 0 Å². The topological polar surface area (TPSA) is 64.3 Å². The number of likely N-dealkylation sites (tertiary alicyclic amines) is 1. The Balaban J connectivity index is 1.22. The Morgan fingerprint density at radius 3 is 2.58 bits per heavy atom. The molecule has 0 spiro atoms. The number of anilines is 1. The number of aryl methyl sites for hydroxylation is 1. The van der Waals surface area contributed by atoms with Gasteiger partial charge in [0, 0.05) is 43.5 Å². The Morgan fingerprint density at radius 2 is 1.89 bits per heavy atom. The fourth-order valence-electron chi connectivity index (χ4n) is 4.82. The van der Waals surface area contributed by atoms with Gasteiger partial charge in [-0.15, -0.1) is 0 Å². The van der Waals surface area contributed by atoms with E-state index in [1.165, 1.54) is 24.3 Å². The summed E-state index contributed by atoms with van der Waals surface area (Å²) in [5, 5.41) is 2.42. The average molecular weight is 522 g/mol. The van der Waals surface area contributed by atoms with Crippen LogP contribution in [0, 0.1) is 12.7 Å². The summed E-state index contributed by atoms with van der Waals surface area (Å²) in [5.41, 5.74) is 2.66. The molecule has 2 aromatic carbocycles. The molecule has 0 aliphatic carbocycles. The second kappa shape index (κ2) is 9.40. The van der Waals surface area contributed by atoms with Gasteiger partial charge in [0.1, 0.15) is 11.6 Å². The van der Waals surface area contributed by atoms with Crippen LogP contribution < -0.4 is 5.32 Å². The first-order valence-corrected chi connectivity index (χ1v) is 12.0. The number of amides is 2. The van der Waals surface area contributed by atoms with Gasteiger partial charge in [0.2, 0.25) is 0 Å². The number of urea groups is 1. The first kappa shape index (κ1) is 24.6. The number of hydrogen-bond acceptors (Lipinski definition) is 3. The largest absolute Gasteiger partial charge is 0.417 e. The molecule has 0 radical (unpaired) electrons. The molecule has 3 heterocycles. The van der Waals surface area contributed by atoms with Crippen LogP contribution in [-0.2, 0) is 19.3 Å². The van der Waals surface area contributed by atoms with E-state index in [9.17, 15) is 22.4 Å². The van der Waals surface area contributed by atoms with Crippen molar-refractivity contribution in [1.29, 1.82) is 0 Å². The number of halogens is 5. The van der Waals surface area contributed by atoms with Crippen LogP contribution in [-0.4, -0.2) is 44.9 Å². The highest BCUT2D eigenvalue weighted by molar-refractivity contribution is 6.31. The zero-order valence-corrected chi connectivity index (χ0v) is 20.2. The molecule has 2 aliphatic heterocycles. The van der Waals surface area contributed by atoms with Crippen LogP contribution >= 0.6 is 11.6 Å². The minimum Gasteiger partial charge on any atom is -0.342 e. The van der Waals surface area contributed by atoms with E-state index in [4.69, 9.17) is 11.6 Å². The minimum absolute atomic E-state index is 0.0737. The van der Waals surface area contributed by atoms with Crippen molar-refractivity contribution in [3.63, 3.8) is 0 Å². The van der Waals surface area contributed by atoms with Crippen molar-refractivity contribution in [2.24, 2.45) is 0 Å². The zero-order chi connectivity index (χ0) is 25.6. The molecular weight excluding hydrogens is 498 g/mol. The molecule has 11 heteroatoms. The Morgan fingerprint density at radius 1 is 1.14 bits per heavy atom. The first-order valence-electron chi connectivity index (χ1n) is 11.6. The lowest BCUT2D eigenvalue weighted by atomic mass is 10.0. The zero-order valence-electron chi connectivity index (χ0n) is 19.4. The highest BCUT2D eigenvalue weighted by atomic mass is 35.5. The molecule has 0 saturated carbocycles. The summed E-state index contributed by atoms with van der Waals surface area (Å²) in [7, 11) is 0. The summed E-state index contributed by atoms with van der Waals surface area (Å²) >= 11 is 5.87. The number of nitrogens with one attached hydrogen (secondary N) is 2. The smallest absolute Gasteiger partial charge is 0.342 e. The lowest BCUT2D eigenvalue weighted by molar-refractivity contribution is -0.137.